The van der Waals surface area contributed by atoms with Gasteiger partial charge in [-0.1, -0.05) is 13.8 Å². The molecule has 8 heteroatoms. The van der Waals surface area contributed by atoms with Gasteiger partial charge in [0.05, 0.1) is 18.2 Å². The van der Waals surface area contributed by atoms with Gasteiger partial charge in [0.25, 0.3) is 0 Å². The average Bonchev–Trinajstić information content (AvgIpc) is 2.33. The summed E-state index contributed by atoms with van der Waals surface area (Å²) in [5, 5.41) is 30.1. The molecule has 0 fully saturated rings. The zero-order chi connectivity index (χ0) is 15.2. The summed E-state index contributed by atoms with van der Waals surface area (Å²) in [5.41, 5.74) is 10.7. The molecule has 0 heterocycles. The van der Waals surface area contributed by atoms with Gasteiger partial charge in [-0.05, 0) is 5.92 Å². The third kappa shape index (κ3) is 5.97. The summed E-state index contributed by atoms with van der Waals surface area (Å²) in [6.07, 6.45) is -2.73. The third-order valence-electron chi connectivity index (χ3n) is 2.76. The zero-order valence-corrected chi connectivity index (χ0v) is 11.1. The number of amides is 1. The molecule has 0 aromatic heterocycles. The Morgan fingerprint density at radius 2 is 1.79 bits per heavy atom. The van der Waals surface area contributed by atoms with E-state index in [1.807, 2.05) is 0 Å². The van der Waals surface area contributed by atoms with Crippen LogP contribution in [0.25, 0.3) is 0 Å². The van der Waals surface area contributed by atoms with Crippen LogP contribution < -0.4 is 16.8 Å². The van der Waals surface area contributed by atoms with Gasteiger partial charge in [-0.2, -0.15) is 0 Å². The van der Waals surface area contributed by atoms with Crippen molar-refractivity contribution in [3.8, 4) is 0 Å². The predicted octanol–water partition coefficient (Wildman–Crippen LogP) is -2.39. The highest BCUT2D eigenvalue weighted by Crippen LogP contribution is 2.05. The van der Waals surface area contributed by atoms with Crippen LogP contribution in [0.15, 0.2) is 0 Å². The van der Waals surface area contributed by atoms with Crippen molar-refractivity contribution in [2.75, 3.05) is 6.54 Å². The van der Waals surface area contributed by atoms with Gasteiger partial charge in [0.15, 0.2) is 6.04 Å². The Kier molecular flexibility index (Phi) is 7.53. The Balaban J connectivity index is 4.66. The van der Waals surface area contributed by atoms with Gasteiger partial charge < -0.3 is 32.1 Å². The molecule has 0 aromatic carbocycles. The Morgan fingerprint density at radius 1 is 1.26 bits per heavy atom. The molecule has 0 aliphatic heterocycles. The van der Waals surface area contributed by atoms with E-state index in [2.05, 4.69) is 5.32 Å². The molecule has 0 saturated carbocycles. The number of carbonyl (C=O) groups excluding carboxylic acids is 1. The fraction of sp³-hybridized carbons (Fsp3) is 0.818. The number of carboxylic acid groups (broad SMARTS) is 1. The van der Waals surface area contributed by atoms with Crippen molar-refractivity contribution in [3.05, 3.63) is 0 Å². The van der Waals surface area contributed by atoms with Crippen LogP contribution >= 0.6 is 0 Å². The minimum Gasteiger partial charge on any atom is -0.480 e. The van der Waals surface area contributed by atoms with Crippen LogP contribution in [0, 0.1) is 5.92 Å². The van der Waals surface area contributed by atoms with Gasteiger partial charge in [0, 0.05) is 13.0 Å². The van der Waals surface area contributed by atoms with Gasteiger partial charge in [-0.3, -0.25) is 4.79 Å². The van der Waals surface area contributed by atoms with Crippen molar-refractivity contribution in [2.24, 2.45) is 17.4 Å². The lowest BCUT2D eigenvalue weighted by Crippen LogP contribution is -2.55. The summed E-state index contributed by atoms with van der Waals surface area (Å²) in [6, 6.07) is -2.40. The Bertz CT molecular complexity index is 311. The monoisotopic (exact) mass is 277 g/mol. The molecule has 4 atom stereocenters. The standard InChI is InChI=1S/C11H23N3O5/c1-5(2)8(13)10(17)14-9(11(18)19)7(16)3-6(15)4-12/h5-9,15-16H,3-4,12-13H2,1-2H3,(H,14,17)(H,18,19). The number of carboxylic acids is 1. The topological polar surface area (TPSA) is 159 Å². The fourth-order valence-corrected chi connectivity index (χ4v) is 1.39. The van der Waals surface area contributed by atoms with E-state index >= 15 is 0 Å². The van der Waals surface area contributed by atoms with Crippen LogP contribution in [-0.2, 0) is 9.59 Å². The average molecular weight is 277 g/mol. The van der Waals surface area contributed by atoms with Crippen molar-refractivity contribution in [3.63, 3.8) is 0 Å². The first kappa shape index (κ1) is 17.8. The number of hydrogen-bond acceptors (Lipinski definition) is 6. The van der Waals surface area contributed by atoms with Crippen LogP contribution in [0.5, 0.6) is 0 Å². The van der Waals surface area contributed by atoms with Crippen molar-refractivity contribution >= 4 is 11.9 Å². The van der Waals surface area contributed by atoms with Crippen molar-refractivity contribution in [1.82, 2.24) is 5.32 Å². The van der Waals surface area contributed by atoms with E-state index in [1.165, 1.54) is 0 Å². The molecule has 0 aliphatic carbocycles. The van der Waals surface area contributed by atoms with E-state index in [4.69, 9.17) is 16.6 Å². The second kappa shape index (κ2) is 8.05. The fourth-order valence-electron chi connectivity index (χ4n) is 1.39. The lowest BCUT2D eigenvalue weighted by atomic mass is 10.0. The molecule has 0 bridgehead atoms. The summed E-state index contributed by atoms with van der Waals surface area (Å²) in [6.45, 7) is 3.33. The van der Waals surface area contributed by atoms with E-state index in [1.54, 1.807) is 13.8 Å². The van der Waals surface area contributed by atoms with E-state index in [9.17, 15) is 19.8 Å². The molecule has 112 valence electrons. The Morgan fingerprint density at radius 3 is 2.16 bits per heavy atom. The van der Waals surface area contributed by atoms with E-state index in [0.29, 0.717) is 0 Å². The van der Waals surface area contributed by atoms with E-state index in [-0.39, 0.29) is 18.9 Å². The smallest absolute Gasteiger partial charge is 0.328 e. The molecule has 0 saturated heterocycles. The number of hydrogen-bond donors (Lipinski definition) is 6. The minimum absolute atomic E-state index is 0.108. The van der Waals surface area contributed by atoms with Crippen LogP contribution in [0.2, 0.25) is 0 Å². The van der Waals surface area contributed by atoms with Crippen LogP contribution in [0.3, 0.4) is 0 Å². The summed E-state index contributed by atoms with van der Waals surface area (Å²) in [7, 11) is 0. The van der Waals surface area contributed by atoms with Gasteiger partial charge in [-0.25, -0.2) is 4.79 Å². The first-order valence-corrected chi connectivity index (χ1v) is 6.05. The van der Waals surface area contributed by atoms with Crippen LogP contribution in [-0.4, -0.2) is 58.0 Å². The Labute approximate surface area is 111 Å². The highest BCUT2D eigenvalue weighted by atomic mass is 16.4. The highest BCUT2D eigenvalue weighted by Gasteiger charge is 2.31. The maximum Gasteiger partial charge on any atom is 0.328 e. The molecule has 0 rings (SSSR count). The molecule has 0 spiro atoms. The molecule has 0 aliphatic rings. The lowest BCUT2D eigenvalue weighted by molar-refractivity contribution is -0.146. The lowest BCUT2D eigenvalue weighted by Gasteiger charge is -2.24. The van der Waals surface area contributed by atoms with Crippen LogP contribution in [0.1, 0.15) is 20.3 Å². The first-order chi connectivity index (χ1) is 8.70. The number of carbonyl (C=O) groups is 2. The third-order valence-corrected chi connectivity index (χ3v) is 2.76. The van der Waals surface area contributed by atoms with E-state index in [0.717, 1.165) is 0 Å². The molecule has 8 N–H and O–H groups in total. The second-order valence-corrected chi connectivity index (χ2v) is 4.79. The molecule has 8 nitrogen and oxygen atoms in total. The minimum atomic E-state index is -1.53. The molecule has 4 unspecified atom stereocenters. The normalized spacial score (nSPS) is 17.6. The maximum atomic E-state index is 11.7. The van der Waals surface area contributed by atoms with Gasteiger partial charge in [-0.15, -0.1) is 0 Å². The number of aliphatic carboxylic acids is 1. The van der Waals surface area contributed by atoms with Gasteiger partial charge >= 0.3 is 5.97 Å². The van der Waals surface area contributed by atoms with Crippen LogP contribution in [0.4, 0.5) is 0 Å². The zero-order valence-electron chi connectivity index (χ0n) is 11.1. The quantitative estimate of drug-likeness (QED) is 0.288. The summed E-state index contributed by atoms with van der Waals surface area (Å²) in [4.78, 5) is 22.7. The number of nitrogens with one attached hydrogen (secondary N) is 1. The van der Waals surface area contributed by atoms with E-state index < -0.39 is 36.2 Å². The predicted molar refractivity (Wildman–Crippen MR) is 68.1 cm³/mol. The van der Waals surface area contributed by atoms with Crippen molar-refractivity contribution in [2.45, 2.75) is 44.6 Å². The molecule has 1 amide bonds. The number of aliphatic hydroxyl groups is 2. The Hall–Kier alpha value is -1.22. The first-order valence-electron chi connectivity index (χ1n) is 6.05. The summed E-state index contributed by atoms with van der Waals surface area (Å²) in [5.74, 6) is -2.23. The SMILES string of the molecule is CC(C)C(N)C(=O)NC(C(=O)O)C(O)CC(O)CN. The van der Waals surface area contributed by atoms with Crippen molar-refractivity contribution < 1.29 is 24.9 Å². The molecular weight excluding hydrogens is 254 g/mol. The molecule has 0 radical (unpaired) electrons. The molecule has 19 heavy (non-hydrogen) atoms. The summed E-state index contributed by atoms with van der Waals surface area (Å²) >= 11 is 0. The number of rotatable bonds is 8. The molecular formula is C11H23N3O5. The van der Waals surface area contributed by atoms with Gasteiger partial charge in [0.1, 0.15) is 0 Å². The molecule has 0 aromatic rings. The maximum absolute atomic E-state index is 11.7. The van der Waals surface area contributed by atoms with Gasteiger partial charge in [0.2, 0.25) is 5.91 Å². The number of nitrogens with two attached hydrogens (primary N) is 2. The largest absolute Gasteiger partial charge is 0.480 e. The number of aliphatic hydroxyl groups excluding tert-OH is 2. The highest BCUT2D eigenvalue weighted by molar-refractivity contribution is 5.87. The summed E-state index contributed by atoms with van der Waals surface area (Å²) < 4.78 is 0. The van der Waals surface area contributed by atoms with Crippen molar-refractivity contribution in [1.29, 1.82) is 0 Å². The second-order valence-electron chi connectivity index (χ2n) is 4.79.